The highest BCUT2D eigenvalue weighted by Gasteiger charge is 2.17. The van der Waals surface area contributed by atoms with Gasteiger partial charge in [0, 0.05) is 23.1 Å². The first-order valence-electron chi connectivity index (χ1n) is 5.97. The van der Waals surface area contributed by atoms with E-state index in [0.717, 1.165) is 18.7 Å². The van der Waals surface area contributed by atoms with Crippen molar-refractivity contribution in [3.63, 3.8) is 0 Å². The van der Waals surface area contributed by atoms with Crippen molar-refractivity contribution in [1.82, 2.24) is 5.32 Å². The summed E-state index contributed by atoms with van der Waals surface area (Å²) in [7, 11) is 0. The molecular formula is C15H11BrFNO. The largest absolute Gasteiger partial charge is 0.309 e. The average molecular weight is 320 g/mol. The number of ketones is 1. The maximum Gasteiger partial charge on any atom is 0.196 e. The first kappa shape index (κ1) is 12.5. The molecule has 0 aromatic heterocycles. The lowest BCUT2D eigenvalue weighted by molar-refractivity contribution is 0.103. The third-order valence-electron chi connectivity index (χ3n) is 3.27. The average Bonchev–Trinajstić information content (AvgIpc) is 2.88. The molecule has 0 saturated heterocycles. The molecule has 1 aliphatic heterocycles. The molecule has 96 valence electrons. The van der Waals surface area contributed by atoms with Crippen LogP contribution in [0.4, 0.5) is 4.39 Å². The number of hydrogen-bond acceptors (Lipinski definition) is 2. The van der Waals surface area contributed by atoms with Crippen molar-refractivity contribution in [2.75, 3.05) is 0 Å². The highest BCUT2D eigenvalue weighted by Crippen LogP contribution is 2.22. The second-order valence-electron chi connectivity index (χ2n) is 4.54. The minimum atomic E-state index is -0.494. The van der Waals surface area contributed by atoms with E-state index in [1.807, 2.05) is 12.1 Å². The van der Waals surface area contributed by atoms with Gasteiger partial charge in [-0.15, -0.1) is 0 Å². The summed E-state index contributed by atoms with van der Waals surface area (Å²) in [6.07, 6.45) is 0. The summed E-state index contributed by atoms with van der Waals surface area (Å²) in [6.45, 7) is 1.59. The first-order valence-corrected chi connectivity index (χ1v) is 6.77. The first-order chi connectivity index (χ1) is 9.15. The number of benzene rings is 2. The molecule has 4 heteroatoms. The fourth-order valence-corrected chi connectivity index (χ4v) is 2.62. The van der Waals surface area contributed by atoms with Gasteiger partial charge in [-0.05, 0) is 35.4 Å². The van der Waals surface area contributed by atoms with Crippen LogP contribution in [0.25, 0.3) is 0 Å². The third-order valence-corrected chi connectivity index (χ3v) is 3.77. The Morgan fingerprint density at radius 1 is 1.11 bits per heavy atom. The zero-order valence-electron chi connectivity index (χ0n) is 10.0. The second-order valence-corrected chi connectivity index (χ2v) is 5.46. The van der Waals surface area contributed by atoms with E-state index in [0.29, 0.717) is 10.0 Å². The molecule has 0 amide bonds. The number of carbonyl (C=O) groups excluding carboxylic acids is 1. The maximum absolute atomic E-state index is 13.7. The number of hydrogen-bond donors (Lipinski definition) is 1. The van der Waals surface area contributed by atoms with Crippen molar-refractivity contribution < 1.29 is 9.18 Å². The molecule has 3 rings (SSSR count). The van der Waals surface area contributed by atoms with Crippen molar-refractivity contribution in [2.45, 2.75) is 13.1 Å². The Labute approximate surface area is 118 Å². The topological polar surface area (TPSA) is 29.1 Å². The van der Waals surface area contributed by atoms with Crippen LogP contribution in [0.3, 0.4) is 0 Å². The van der Waals surface area contributed by atoms with Gasteiger partial charge in [0.15, 0.2) is 5.78 Å². The van der Waals surface area contributed by atoms with Gasteiger partial charge in [-0.1, -0.05) is 28.1 Å². The van der Waals surface area contributed by atoms with Gasteiger partial charge in [0.05, 0.1) is 5.56 Å². The van der Waals surface area contributed by atoms with Crippen LogP contribution in [0, 0.1) is 5.82 Å². The van der Waals surface area contributed by atoms with Gasteiger partial charge in [-0.3, -0.25) is 4.79 Å². The highest BCUT2D eigenvalue weighted by atomic mass is 79.9. The zero-order valence-corrected chi connectivity index (χ0v) is 11.6. The van der Waals surface area contributed by atoms with E-state index in [1.54, 1.807) is 12.1 Å². The van der Waals surface area contributed by atoms with E-state index in [1.165, 1.54) is 17.7 Å². The van der Waals surface area contributed by atoms with E-state index < -0.39 is 5.82 Å². The van der Waals surface area contributed by atoms with Crippen molar-refractivity contribution in [3.05, 3.63) is 68.9 Å². The minimum Gasteiger partial charge on any atom is -0.309 e. The molecule has 0 bridgehead atoms. The third kappa shape index (κ3) is 2.33. The van der Waals surface area contributed by atoms with Crippen molar-refractivity contribution in [3.8, 4) is 0 Å². The van der Waals surface area contributed by atoms with E-state index in [-0.39, 0.29) is 11.3 Å². The van der Waals surface area contributed by atoms with Crippen LogP contribution in [0.15, 0.2) is 40.9 Å². The normalized spacial score (nSPS) is 13.4. The van der Waals surface area contributed by atoms with Crippen LogP contribution in [-0.4, -0.2) is 5.78 Å². The lowest BCUT2D eigenvalue weighted by Gasteiger charge is -2.05. The molecule has 2 aromatic rings. The molecule has 1 aliphatic rings. The molecule has 2 nitrogen and oxygen atoms in total. The van der Waals surface area contributed by atoms with Gasteiger partial charge in [-0.2, -0.15) is 0 Å². The lowest BCUT2D eigenvalue weighted by Crippen LogP contribution is -2.05. The maximum atomic E-state index is 13.7. The number of fused-ring (bicyclic) bond motifs is 1. The molecular weight excluding hydrogens is 309 g/mol. The van der Waals surface area contributed by atoms with E-state index >= 15 is 0 Å². The molecule has 19 heavy (non-hydrogen) atoms. The Bertz CT molecular complexity index is 669. The Morgan fingerprint density at radius 2 is 1.89 bits per heavy atom. The van der Waals surface area contributed by atoms with Gasteiger partial charge >= 0.3 is 0 Å². The van der Waals surface area contributed by atoms with Crippen molar-refractivity contribution in [1.29, 1.82) is 0 Å². The molecule has 0 radical (unpaired) electrons. The molecule has 0 fully saturated rings. The molecule has 1 heterocycles. The van der Waals surface area contributed by atoms with Gasteiger partial charge in [-0.25, -0.2) is 4.39 Å². The number of carbonyl (C=O) groups is 1. The standard InChI is InChI=1S/C15H11BrFNO/c16-12-3-4-14(17)13(6-12)15(19)9-1-2-10-7-18-8-11(10)5-9/h1-6,18H,7-8H2. The summed E-state index contributed by atoms with van der Waals surface area (Å²) < 4.78 is 14.4. The molecule has 0 unspecified atom stereocenters. The van der Waals surface area contributed by atoms with E-state index in [9.17, 15) is 9.18 Å². The van der Waals surface area contributed by atoms with E-state index in [2.05, 4.69) is 21.2 Å². The molecule has 0 spiro atoms. The van der Waals surface area contributed by atoms with Gasteiger partial charge in [0.2, 0.25) is 0 Å². The summed E-state index contributed by atoms with van der Waals surface area (Å²) >= 11 is 3.26. The molecule has 2 aromatic carbocycles. The Hall–Kier alpha value is -1.52. The van der Waals surface area contributed by atoms with E-state index in [4.69, 9.17) is 0 Å². The van der Waals surface area contributed by atoms with Crippen LogP contribution < -0.4 is 5.32 Å². The van der Waals surface area contributed by atoms with Crippen molar-refractivity contribution in [2.24, 2.45) is 0 Å². The summed E-state index contributed by atoms with van der Waals surface area (Å²) in [5.74, 6) is -0.777. The molecule has 0 atom stereocenters. The Balaban J connectivity index is 2.02. The quantitative estimate of drug-likeness (QED) is 0.859. The number of nitrogens with one attached hydrogen (secondary N) is 1. The predicted molar refractivity (Wildman–Crippen MR) is 74.5 cm³/mol. The summed E-state index contributed by atoms with van der Waals surface area (Å²) in [5, 5.41) is 3.22. The Kier molecular flexibility index (Phi) is 3.21. The molecule has 1 N–H and O–H groups in total. The van der Waals surface area contributed by atoms with Gasteiger partial charge in [0.1, 0.15) is 5.82 Å². The van der Waals surface area contributed by atoms with Crippen LogP contribution >= 0.6 is 15.9 Å². The van der Waals surface area contributed by atoms with Gasteiger partial charge in [0.25, 0.3) is 0 Å². The van der Waals surface area contributed by atoms with Crippen LogP contribution in [0.1, 0.15) is 27.0 Å². The fourth-order valence-electron chi connectivity index (χ4n) is 2.26. The van der Waals surface area contributed by atoms with Crippen LogP contribution in [-0.2, 0) is 13.1 Å². The van der Waals surface area contributed by atoms with Crippen LogP contribution in [0.2, 0.25) is 0 Å². The smallest absolute Gasteiger partial charge is 0.196 e. The second kappa shape index (κ2) is 4.87. The Morgan fingerprint density at radius 3 is 2.74 bits per heavy atom. The zero-order chi connectivity index (χ0) is 13.4. The monoisotopic (exact) mass is 319 g/mol. The fraction of sp³-hybridized carbons (Fsp3) is 0.133. The predicted octanol–water partition coefficient (Wildman–Crippen LogP) is 3.42. The SMILES string of the molecule is O=C(c1ccc2c(c1)CNC2)c1cc(Br)ccc1F. The minimum absolute atomic E-state index is 0.0975. The summed E-state index contributed by atoms with van der Waals surface area (Å²) in [5.41, 5.74) is 2.94. The molecule has 0 aliphatic carbocycles. The number of rotatable bonds is 2. The van der Waals surface area contributed by atoms with Crippen LogP contribution in [0.5, 0.6) is 0 Å². The van der Waals surface area contributed by atoms with Crippen molar-refractivity contribution >= 4 is 21.7 Å². The lowest BCUT2D eigenvalue weighted by atomic mass is 9.99. The highest BCUT2D eigenvalue weighted by molar-refractivity contribution is 9.10. The number of halogens is 2. The summed E-state index contributed by atoms with van der Waals surface area (Å²) in [4.78, 5) is 12.3. The molecule has 0 saturated carbocycles. The van der Waals surface area contributed by atoms with Gasteiger partial charge < -0.3 is 5.32 Å². The summed E-state index contributed by atoms with van der Waals surface area (Å²) in [6, 6.07) is 9.93.